The van der Waals surface area contributed by atoms with Crippen molar-refractivity contribution in [3.8, 4) is 0 Å². The van der Waals surface area contributed by atoms with Crippen LogP contribution in [0.2, 0.25) is 0 Å². The fraction of sp³-hybridized carbons (Fsp3) is 0.467. The lowest BCUT2D eigenvalue weighted by molar-refractivity contribution is -0.128. The highest BCUT2D eigenvalue weighted by molar-refractivity contribution is 9.10. The van der Waals surface area contributed by atoms with Crippen LogP contribution in [-0.4, -0.2) is 17.0 Å². The van der Waals surface area contributed by atoms with Crippen LogP contribution in [0.25, 0.3) is 0 Å². The Morgan fingerprint density at radius 2 is 2.10 bits per heavy atom. The molecule has 0 heterocycles. The molecule has 0 aliphatic carbocycles. The third-order valence-electron chi connectivity index (χ3n) is 3.94. The topological polar surface area (TPSA) is 87.7 Å². The van der Waals surface area contributed by atoms with Gasteiger partial charge in [-0.1, -0.05) is 47.1 Å². The zero-order valence-electron chi connectivity index (χ0n) is 12.6. The van der Waals surface area contributed by atoms with E-state index in [0.717, 1.165) is 10.0 Å². The minimum Gasteiger partial charge on any atom is -0.409 e. The monoisotopic (exact) mass is 355 g/mol. The van der Waals surface area contributed by atoms with Crippen LogP contribution in [0.4, 0.5) is 0 Å². The number of oxime groups is 1. The molecule has 0 saturated carbocycles. The van der Waals surface area contributed by atoms with Crippen molar-refractivity contribution in [1.82, 2.24) is 5.32 Å². The fourth-order valence-electron chi connectivity index (χ4n) is 2.34. The van der Waals surface area contributed by atoms with Gasteiger partial charge >= 0.3 is 0 Å². The minimum atomic E-state index is -0.977. The second-order valence-electron chi connectivity index (χ2n) is 5.02. The summed E-state index contributed by atoms with van der Waals surface area (Å²) in [6, 6.07) is 7.57. The zero-order valence-corrected chi connectivity index (χ0v) is 14.1. The van der Waals surface area contributed by atoms with E-state index in [1.54, 1.807) is 0 Å². The maximum atomic E-state index is 12.6. The Bertz CT molecular complexity index is 527. The van der Waals surface area contributed by atoms with E-state index in [1.807, 2.05) is 45.0 Å². The zero-order chi connectivity index (χ0) is 16.0. The number of rotatable bonds is 6. The molecule has 116 valence electrons. The number of nitrogens with one attached hydrogen (secondary N) is 1. The van der Waals surface area contributed by atoms with E-state index in [4.69, 9.17) is 10.9 Å². The third kappa shape index (κ3) is 3.75. The number of amidine groups is 1. The van der Waals surface area contributed by atoms with Crippen LogP contribution in [0.15, 0.2) is 33.9 Å². The van der Waals surface area contributed by atoms with E-state index in [-0.39, 0.29) is 17.8 Å². The standard InChI is InChI=1S/C15H22BrN3O2/c1-4-15(5-2,13(17)19-21)14(20)18-10(3)11-7-6-8-12(16)9-11/h6-10,21H,4-5H2,1-3H3,(H2,17,19)(H,18,20). The first-order valence-corrected chi connectivity index (χ1v) is 7.75. The van der Waals surface area contributed by atoms with Crippen molar-refractivity contribution in [3.63, 3.8) is 0 Å². The molecule has 6 heteroatoms. The maximum absolute atomic E-state index is 12.6. The van der Waals surface area contributed by atoms with Gasteiger partial charge in [0.05, 0.1) is 6.04 Å². The largest absolute Gasteiger partial charge is 0.409 e. The molecular formula is C15H22BrN3O2. The molecule has 0 radical (unpaired) electrons. The van der Waals surface area contributed by atoms with Crippen LogP contribution in [0.1, 0.15) is 45.2 Å². The number of carbonyl (C=O) groups is 1. The highest BCUT2D eigenvalue weighted by Crippen LogP contribution is 2.28. The van der Waals surface area contributed by atoms with Gasteiger partial charge in [0, 0.05) is 4.47 Å². The number of nitrogens with two attached hydrogens (primary N) is 1. The highest BCUT2D eigenvalue weighted by atomic mass is 79.9. The third-order valence-corrected chi connectivity index (χ3v) is 4.43. The summed E-state index contributed by atoms with van der Waals surface area (Å²) in [4.78, 5) is 12.6. The van der Waals surface area contributed by atoms with Gasteiger partial charge in [0.1, 0.15) is 5.41 Å². The van der Waals surface area contributed by atoms with Crippen molar-refractivity contribution < 1.29 is 10.0 Å². The van der Waals surface area contributed by atoms with Crippen LogP contribution >= 0.6 is 15.9 Å². The quantitative estimate of drug-likeness (QED) is 0.317. The molecule has 0 aliphatic rings. The Morgan fingerprint density at radius 1 is 1.48 bits per heavy atom. The second-order valence-corrected chi connectivity index (χ2v) is 5.94. The Kier molecular flexibility index (Phi) is 6.20. The van der Waals surface area contributed by atoms with Gasteiger partial charge in [0.2, 0.25) is 5.91 Å². The normalized spacial score (nSPS) is 13.8. The van der Waals surface area contributed by atoms with Gasteiger partial charge in [-0.15, -0.1) is 0 Å². The van der Waals surface area contributed by atoms with E-state index in [9.17, 15) is 4.79 Å². The van der Waals surface area contributed by atoms with E-state index in [2.05, 4.69) is 26.4 Å². The number of hydrogen-bond donors (Lipinski definition) is 3. The summed E-state index contributed by atoms with van der Waals surface area (Å²) in [5.74, 6) is -0.276. The maximum Gasteiger partial charge on any atom is 0.234 e. The Hall–Kier alpha value is -1.56. The van der Waals surface area contributed by atoms with Crippen molar-refractivity contribution in [2.45, 2.75) is 39.7 Å². The molecule has 5 nitrogen and oxygen atoms in total. The Labute approximate surface area is 133 Å². The molecule has 0 saturated heterocycles. The summed E-state index contributed by atoms with van der Waals surface area (Å²) < 4.78 is 0.953. The van der Waals surface area contributed by atoms with Crippen molar-refractivity contribution in [1.29, 1.82) is 0 Å². The molecule has 1 unspecified atom stereocenters. The number of benzene rings is 1. The molecule has 21 heavy (non-hydrogen) atoms. The van der Waals surface area contributed by atoms with Gasteiger partial charge < -0.3 is 16.3 Å². The molecule has 0 fully saturated rings. The molecule has 0 aromatic heterocycles. The minimum absolute atomic E-state index is 0.0496. The fourth-order valence-corrected chi connectivity index (χ4v) is 2.76. The van der Waals surface area contributed by atoms with Gasteiger partial charge in [-0.3, -0.25) is 4.79 Å². The lowest BCUT2D eigenvalue weighted by Crippen LogP contribution is -2.49. The van der Waals surface area contributed by atoms with Crippen LogP contribution in [0.3, 0.4) is 0 Å². The van der Waals surface area contributed by atoms with Gasteiger partial charge in [-0.2, -0.15) is 0 Å². The van der Waals surface area contributed by atoms with Gasteiger partial charge in [-0.25, -0.2) is 0 Å². The lowest BCUT2D eigenvalue weighted by atomic mass is 9.80. The van der Waals surface area contributed by atoms with Crippen molar-refractivity contribution in [2.24, 2.45) is 16.3 Å². The smallest absolute Gasteiger partial charge is 0.234 e. The van der Waals surface area contributed by atoms with Gasteiger partial charge in [0.15, 0.2) is 5.84 Å². The summed E-state index contributed by atoms with van der Waals surface area (Å²) in [7, 11) is 0. The molecule has 1 amide bonds. The Balaban J connectivity index is 2.97. The Morgan fingerprint density at radius 3 is 2.57 bits per heavy atom. The summed E-state index contributed by atoms with van der Waals surface area (Å²) in [5.41, 5.74) is 5.75. The average molecular weight is 356 g/mol. The molecule has 0 aliphatic heterocycles. The van der Waals surface area contributed by atoms with Gasteiger partial charge in [0.25, 0.3) is 0 Å². The lowest BCUT2D eigenvalue weighted by Gasteiger charge is -2.30. The van der Waals surface area contributed by atoms with Gasteiger partial charge in [-0.05, 0) is 37.5 Å². The van der Waals surface area contributed by atoms with Crippen molar-refractivity contribution in [2.75, 3.05) is 0 Å². The predicted octanol–water partition coefficient (Wildman–Crippen LogP) is 3.18. The molecule has 4 N–H and O–H groups in total. The SMILES string of the molecule is CCC(CC)(C(=O)NC(C)c1cccc(Br)c1)C(N)=NO. The first-order valence-electron chi connectivity index (χ1n) is 6.95. The first kappa shape index (κ1) is 17.5. The van der Waals surface area contributed by atoms with Crippen LogP contribution in [0, 0.1) is 5.41 Å². The van der Waals surface area contributed by atoms with Crippen LogP contribution in [0.5, 0.6) is 0 Å². The molecule has 0 bridgehead atoms. The van der Waals surface area contributed by atoms with E-state index < -0.39 is 5.41 Å². The summed E-state index contributed by atoms with van der Waals surface area (Å²) in [6.07, 6.45) is 0.937. The molecule has 1 rings (SSSR count). The van der Waals surface area contributed by atoms with E-state index in [1.165, 1.54) is 0 Å². The molecule has 1 aromatic carbocycles. The summed E-state index contributed by atoms with van der Waals surface area (Å²) in [6.45, 7) is 5.61. The number of carbonyl (C=O) groups excluding carboxylic acids is 1. The number of hydrogen-bond acceptors (Lipinski definition) is 3. The molecule has 0 spiro atoms. The average Bonchev–Trinajstić information content (AvgIpc) is 2.48. The first-order chi connectivity index (χ1) is 9.91. The summed E-state index contributed by atoms with van der Waals surface area (Å²) in [5, 5.41) is 14.9. The highest BCUT2D eigenvalue weighted by Gasteiger charge is 2.40. The second kappa shape index (κ2) is 7.45. The number of halogens is 1. The van der Waals surface area contributed by atoms with E-state index >= 15 is 0 Å². The molecule has 1 atom stereocenters. The number of nitrogens with zero attached hydrogens (tertiary/aromatic N) is 1. The van der Waals surface area contributed by atoms with E-state index in [0.29, 0.717) is 12.8 Å². The summed E-state index contributed by atoms with van der Waals surface area (Å²) >= 11 is 3.41. The predicted molar refractivity (Wildman–Crippen MR) is 87.1 cm³/mol. The molecule has 1 aromatic rings. The molecular weight excluding hydrogens is 334 g/mol. The van der Waals surface area contributed by atoms with Crippen LogP contribution in [-0.2, 0) is 4.79 Å². The number of amides is 1. The van der Waals surface area contributed by atoms with Crippen LogP contribution < -0.4 is 11.1 Å². The van der Waals surface area contributed by atoms with Crippen molar-refractivity contribution in [3.05, 3.63) is 34.3 Å². The van der Waals surface area contributed by atoms with Crippen molar-refractivity contribution >= 4 is 27.7 Å².